The van der Waals surface area contributed by atoms with Gasteiger partial charge >= 0.3 is 0 Å². The lowest BCUT2D eigenvalue weighted by atomic mass is 9.92. The third-order valence-electron chi connectivity index (χ3n) is 4.66. The first-order valence-electron chi connectivity index (χ1n) is 6.17. The molecule has 0 bridgehead atoms. The molecule has 3 aliphatic rings. The van der Waals surface area contributed by atoms with Crippen LogP contribution in [-0.2, 0) is 0 Å². The second kappa shape index (κ2) is 3.27. The maximum absolute atomic E-state index is 2.80. The predicted molar refractivity (Wildman–Crippen MR) is 54.7 cm³/mol. The predicted octanol–water partition coefficient (Wildman–Crippen LogP) is 2.66. The fourth-order valence-corrected chi connectivity index (χ4v) is 3.90. The molecule has 1 nitrogen and oxygen atoms in total. The third-order valence-corrected chi connectivity index (χ3v) is 4.66. The van der Waals surface area contributed by atoms with Crippen molar-refractivity contribution in [2.45, 2.75) is 51.0 Å². The van der Waals surface area contributed by atoms with Gasteiger partial charge in [0.15, 0.2) is 0 Å². The van der Waals surface area contributed by atoms with Crippen LogP contribution in [0.5, 0.6) is 0 Å². The lowest BCUT2D eigenvalue weighted by Gasteiger charge is -2.24. The minimum atomic E-state index is 0.991. The van der Waals surface area contributed by atoms with E-state index in [2.05, 4.69) is 4.90 Å². The summed E-state index contributed by atoms with van der Waals surface area (Å²) in [5.41, 5.74) is 0. The zero-order valence-corrected chi connectivity index (χ0v) is 8.54. The van der Waals surface area contributed by atoms with Gasteiger partial charge in [-0.3, -0.25) is 0 Å². The first-order chi connectivity index (χ1) is 6.43. The van der Waals surface area contributed by atoms with Crippen LogP contribution in [0.4, 0.5) is 0 Å². The Morgan fingerprint density at radius 2 is 1.69 bits per heavy atom. The average molecular weight is 179 g/mol. The number of fused-ring (bicyclic) bond motifs is 2. The van der Waals surface area contributed by atoms with Crippen LogP contribution in [0, 0.1) is 11.8 Å². The molecule has 3 rings (SSSR count). The van der Waals surface area contributed by atoms with Crippen LogP contribution >= 0.6 is 0 Å². The highest BCUT2D eigenvalue weighted by Crippen LogP contribution is 2.40. The Kier molecular flexibility index (Phi) is 2.08. The van der Waals surface area contributed by atoms with Gasteiger partial charge in [-0.25, -0.2) is 0 Å². The van der Waals surface area contributed by atoms with E-state index in [9.17, 15) is 0 Å². The molecular weight excluding hydrogens is 158 g/mol. The van der Waals surface area contributed by atoms with E-state index in [-0.39, 0.29) is 0 Å². The summed E-state index contributed by atoms with van der Waals surface area (Å²) in [5, 5.41) is 0. The van der Waals surface area contributed by atoms with Crippen molar-refractivity contribution in [3.63, 3.8) is 0 Å². The Morgan fingerprint density at radius 1 is 0.769 bits per heavy atom. The van der Waals surface area contributed by atoms with Gasteiger partial charge < -0.3 is 4.90 Å². The van der Waals surface area contributed by atoms with Gasteiger partial charge in [0.05, 0.1) is 0 Å². The second-order valence-corrected chi connectivity index (χ2v) is 5.32. The highest BCUT2D eigenvalue weighted by Gasteiger charge is 2.36. The van der Waals surface area contributed by atoms with Crippen molar-refractivity contribution in [3.8, 4) is 0 Å². The minimum absolute atomic E-state index is 0.991. The number of nitrogens with zero attached hydrogens (tertiary/aromatic N) is 1. The van der Waals surface area contributed by atoms with Gasteiger partial charge in [0.25, 0.3) is 0 Å². The molecule has 1 heteroatoms. The Hall–Kier alpha value is -0.0400. The summed E-state index contributed by atoms with van der Waals surface area (Å²) in [7, 11) is 0. The molecule has 0 amide bonds. The smallest absolute Gasteiger partial charge is 0.00959 e. The molecule has 0 aromatic heterocycles. The summed E-state index contributed by atoms with van der Waals surface area (Å²) >= 11 is 0. The van der Waals surface area contributed by atoms with Crippen LogP contribution in [0.25, 0.3) is 0 Å². The van der Waals surface area contributed by atoms with Crippen molar-refractivity contribution in [1.29, 1.82) is 0 Å². The molecular formula is C12H21N. The molecule has 0 aromatic carbocycles. The second-order valence-electron chi connectivity index (χ2n) is 5.32. The van der Waals surface area contributed by atoms with E-state index in [0.717, 1.165) is 17.9 Å². The third kappa shape index (κ3) is 1.41. The lowest BCUT2D eigenvalue weighted by Crippen LogP contribution is -2.31. The van der Waals surface area contributed by atoms with Crippen molar-refractivity contribution >= 4 is 0 Å². The summed E-state index contributed by atoms with van der Waals surface area (Å²) in [6.45, 7) is 2.86. The molecule has 3 atom stereocenters. The standard InChI is InChI=1S/C12H21N/c1-3-10-6-7-12-5-2-8-13(12)9-11(10)4-1/h10-12H,1-9H2. The van der Waals surface area contributed by atoms with E-state index in [1.54, 1.807) is 12.8 Å². The van der Waals surface area contributed by atoms with E-state index >= 15 is 0 Å². The molecule has 2 aliphatic heterocycles. The van der Waals surface area contributed by atoms with E-state index in [1.165, 1.54) is 45.2 Å². The highest BCUT2D eigenvalue weighted by atomic mass is 15.2. The van der Waals surface area contributed by atoms with Crippen LogP contribution < -0.4 is 0 Å². The van der Waals surface area contributed by atoms with E-state index in [1.807, 2.05) is 0 Å². The monoisotopic (exact) mass is 179 g/mol. The first-order valence-corrected chi connectivity index (χ1v) is 6.17. The van der Waals surface area contributed by atoms with Gasteiger partial charge in [-0.05, 0) is 50.5 Å². The van der Waals surface area contributed by atoms with E-state index in [4.69, 9.17) is 0 Å². The Morgan fingerprint density at radius 3 is 2.69 bits per heavy atom. The summed E-state index contributed by atoms with van der Waals surface area (Å²) in [4.78, 5) is 2.80. The van der Waals surface area contributed by atoms with Crippen LogP contribution in [0.2, 0.25) is 0 Å². The number of hydrogen-bond acceptors (Lipinski definition) is 1. The van der Waals surface area contributed by atoms with Gasteiger partial charge in [-0.1, -0.05) is 12.8 Å². The molecule has 1 saturated carbocycles. The molecule has 13 heavy (non-hydrogen) atoms. The summed E-state index contributed by atoms with van der Waals surface area (Å²) in [6, 6.07) is 0.991. The van der Waals surface area contributed by atoms with Crippen LogP contribution in [-0.4, -0.2) is 24.0 Å². The van der Waals surface area contributed by atoms with Gasteiger partial charge in [-0.2, -0.15) is 0 Å². The molecule has 0 spiro atoms. The lowest BCUT2D eigenvalue weighted by molar-refractivity contribution is 0.224. The minimum Gasteiger partial charge on any atom is -0.300 e. The summed E-state index contributed by atoms with van der Waals surface area (Å²) in [5.74, 6) is 2.20. The molecule has 2 heterocycles. The van der Waals surface area contributed by atoms with Crippen molar-refractivity contribution < 1.29 is 0 Å². The van der Waals surface area contributed by atoms with Gasteiger partial charge in [0.1, 0.15) is 0 Å². The molecule has 0 N–H and O–H groups in total. The van der Waals surface area contributed by atoms with Crippen LogP contribution in [0.15, 0.2) is 0 Å². The zero-order chi connectivity index (χ0) is 8.67. The molecule has 3 fully saturated rings. The Bertz CT molecular complexity index is 170. The molecule has 0 radical (unpaired) electrons. The van der Waals surface area contributed by atoms with Crippen molar-refractivity contribution in [1.82, 2.24) is 4.90 Å². The Balaban J connectivity index is 1.73. The molecule has 0 aromatic rings. The highest BCUT2D eigenvalue weighted by molar-refractivity contribution is 4.89. The largest absolute Gasteiger partial charge is 0.300 e. The van der Waals surface area contributed by atoms with Gasteiger partial charge in [0, 0.05) is 12.6 Å². The van der Waals surface area contributed by atoms with Crippen LogP contribution in [0.1, 0.15) is 44.9 Å². The summed E-state index contributed by atoms with van der Waals surface area (Å²) in [6.07, 6.45) is 10.6. The van der Waals surface area contributed by atoms with E-state index in [0.29, 0.717) is 0 Å². The van der Waals surface area contributed by atoms with Crippen molar-refractivity contribution in [2.24, 2.45) is 11.8 Å². The fraction of sp³-hybridized carbons (Fsp3) is 1.00. The maximum Gasteiger partial charge on any atom is 0.00959 e. The van der Waals surface area contributed by atoms with E-state index < -0.39 is 0 Å². The zero-order valence-electron chi connectivity index (χ0n) is 8.54. The quantitative estimate of drug-likeness (QED) is 0.552. The fourth-order valence-electron chi connectivity index (χ4n) is 3.90. The molecule has 1 aliphatic carbocycles. The summed E-state index contributed by atoms with van der Waals surface area (Å²) < 4.78 is 0. The molecule has 2 saturated heterocycles. The first kappa shape index (κ1) is 8.28. The van der Waals surface area contributed by atoms with Crippen molar-refractivity contribution in [3.05, 3.63) is 0 Å². The SMILES string of the molecule is C1CC2CCC3CCCN3CC2C1. The normalized spacial score (nSPS) is 45.7. The van der Waals surface area contributed by atoms with Gasteiger partial charge in [0.2, 0.25) is 0 Å². The average Bonchev–Trinajstić information content (AvgIpc) is 2.72. The van der Waals surface area contributed by atoms with Crippen molar-refractivity contribution in [2.75, 3.05) is 13.1 Å². The molecule has 3 unspecified atom stereocenters. The van der Waals surface area contributed by atoms with Crippen LogP contribution in [0.3, 0.4) is 0 Å². The number of rotatable bonds is 0. The molecule has 74 valence electrons. The topological polar surface area (TPSA) is 3.24 Å². The maximum atomic E-state index is 2.80. The Labute approximate surface area is 81.5 Å². The number of hydrogen-bond donors (Lipinski definition) is 0. The van der Waals surface area contributed by atoms with Gasteiger partial charge in [-0.15, -0.1) is 0 Å².